The Kier molecular flexibility index (Phi) is 5.78. The molecule has 30 heavy (non-hydrogen) atoms. The first-order chi connectivity index (χ1) is 14.6. The Morgan fingerprint density at radius 3 is 3.00 bits per heavy atom. The smallest absolute Gasteiger partial charge is 0.251 e. The average Bonchev–Trinajstić information content (AvgIpc) is 3.18. The van der Waals surface area contributed by atoms with Crippen molar-refractivity contribution in [2.24, 2.45) is 5.73 Å². The average molecular weight is 407 g/mol. The number of nitrogens with one attached hydrogen (secondary N) is 1. The number of aromatic nitrogens is 2. The fourth-order valence-corrected chi connectivity index (χ4v) is 3.68. The second-order valence-electron chi connectivity index (χ2n) is 7.44. The van der Waals surface area contributed by atoms with Crippen molar-refractivity contribution < 1.29 is 14.6 Å². The number of β-amino-alcohol motifs (C(OH)–C–C–N with tert-alkyl or cyclic N) is 1. The Morgan fingerprint density at radius 1 is 1.23 bits per heavy atom. The molecule has 3 heterocycles. The van der Waals surface area contributed by atoms with Crippen molar-refractivity contribution in [2.45, 2.75) is 12.0 Å². The van der Waals surface area contributed by atoms with E-state index in [-0.39, 0.29) is 12.5 Å². The van der Waals surface area contributed by atoms with E-state index in [4.69, 9.17) is 10.5 Å². The highest BCUT2D eigenvalue weighted by Crippen LogP contribution is 2.30. The lowest BCUT2D eigenvalue weighted by atomic mass is 10.0. The number of hydrogen-bond donors (Lipinski definition) is 3. The Hall–Kier alpha value is -3.23. The summed E-state index contributed by atoms with van der Waals surface area (Å²) in [7, 11) is 0. The van der Waals surface area contributed by atoms with Crippen LogP contribution in [0, 0.1) is 0 Å². The third-order valence-electron chi connectivity index (χ3n) is 5.21. The third kappa shape index (κ3) is 4.34. The number of ether oxygens (including phenoxy) is 1. The monoisotopic (exact) mass is 407 g/mol. The van der Waals surface area contributed by atoms with Crippen LogP contribution in [0.25, 0.3) is 11.0 Å². The number of hydrogen-bond acceptors (Lipinski definition) is 7. The van der Waals surface area contributed by atoms with E-state index >= 15 is 0 Å². The zero-order chi connectivity index (χ0) is 21.0. The van der Waals surface area contributed by atoms with Gasteiger partial charge in [-0.15, -0.1) is 0 Å². The van der Waals surface area contributed by atoms with Gasteiger partial charge in [-0.2, -0.15) is 0 Å². The number of rotatable bonds is 7. The van der Waals surface area contributed by atoms with Crippen molar-refractivity contribution in [1.82, 2.24) is 15.3 Å². The highest BCUT2D eigenvalue weighted by Gasteiger charge is 2.37. The second kappa shape index (κ2) is 8.64. The van der Waals surface area contributed by atoms with Crippen LogP contribution in [0.1, 0.15) is 16.8 Å². The lowest BCUT2D eigenvalue weighted by molar-refractivity contribution is 0.0576. The van der Waals surface area contributed by atoms with E-state index in [0.29, 0.717) is 44.0 Å². The second-order valence-corrected chi connectivity index (χ2v) is 7.44. The molecule has 8 nitrogen and oxygen atoms in total. The van der Waals surface area contributed by atoms with E-state index in [1.165, 1.54) is 0 Å². The first kappa shape index (κ1) is 20.1. The fourth-order valence-electron chi connectivity index (χ4n) is 3.68. The highest BCUT2D eigenvalue weighted by molar-refractivity contribution is 5.94. The van der Waals surface area contributed by atoms with Crippen molar-refractivity contribution in [3.8, 4) is 5.75 Å². The predicted octanol–water partition coefficient (Wildman–Crippen LogP) is 1.34. The van der Waals surface area contributed by atoms with Crippen molar-refractivity contribution in [2.75, 3.05) is 37.7 Å². The topological polar surface area (TPSA) is 114 Å². The molecule has 0 spiro atoms. The van der Waals surface area contributed by atoms with Gasteiger partial charge in [-0.25, -0.2) is 0 Å². The molecule has 0 bridgehead atoms. The number of amides is 1. The Morgan fingerprint density at radius 2 is 2.13 bits per heavy atom. The largest absolute Gasteiger partial charge is 0.492 e. The van der Waals surface area contributed by atoms with E-state index in [0.717, 1.165) is 16.7 Å². The normalized spacial score (nSPS) is 18.5. The zero-order valence-electron chi connectivity index (χ0n) is 16.6. The van der Waals surface area contributed by atoms with E-state index < -0.39 is 5.60 Å². The highest BCUT2D eigenvalue weighted by atomic mass is 16.5. The number of anilines is 1. The maximum absolute atomic E-state index is 12.6. The molecular weight excluding hydrogens is 382 g/mol. The standard InChI is InChI=1S/C22H25N5O3/c23-8-12-30-17-4-1-3-16(13-17)21(28)26-14-22(29)7-11-27(15-22)19-6-10-24-18-5-2-9-25-20(18)19/h1-6,9-10,13,29H,7-8,11-12,14-15,23H2,(H,26,28)/t22-/m0/s1. The van der Waals surface area contributed by atoms with Crippen LogP contribution in [0.4, 0.5) is 5.69 Å². The minimum atomic E-state index is -1.02. The molecule has 8 heteroatoms. The van der Waals surface area contributed by atoms with Crippen molar-refractivity contribution in [1.29, 1.82) is 0 Å². The maximum Gasteiger partial charge on any atom is 0.251 e. The van der Waals surface area contributed by atoms with Crippen LogP contribution in [-0.4, -0.2) is 59.4 Å². The van der Waals surface area contributed by atoms with Crippen LogP contribution in [-0.2, 0) is 0 Å². The molecule has 4 N–H and O–H groups in total. The van der Waals surface area contributed by atoms with Gasteiger partial charge in [0.05, 0.1) is 11.2 Å². The van der Waals surface area contributed by atoms with Crippen LogP contribution in [0.5, 0.6) is 5.75 Å². The number of benzene rings is 1. The Bertz CT molecular complexity index is 1040. The van der Waals surface area contributed by atoms with Gasteiger partial charge in [0.25, 0.3) is 5.91 Å². The molecule has 0 unspecified atom stereocenters. The number of carbonyl (C=O) groups is 1. The number of aliphatic hydroxyl groups is 1. The molecule has 0 saturated carbocycles. The van der Waals surface area contributed by atoms with Crippen LogP contribution in [0.3, 0.4) is 0 Å². The molecule has 1 aliphatic rings. The Balaban J connectivity index is 1.40. The lowest BCUT2D eigenvalue weighted by Crippen LogP contribution is -2.45. The molecule has 1 atom stereocenters. The van der Waals surface area contributed by atoms with Gasteiger partial charge in [0, 0.05) is 44.1 Å². The SMILES string of the molecule is NCCOc1cccc(C(=O)NC[C@@]2(O)CCN(c3ccnc4cccnc34)C2)c1. The van der Waals surface area contributed by atoms with Crippen LogP contribution in [0.2, 0.25) is 0 Å². The molecule has 0 radical (unpaired) electrons. The van der Waals surface area contributed by atoms with Crippen molar-refractivity contribution in [3.63, 3.8) is 0 Å². The van der Waals surface area contributed by atoms with Gasteiger partial charge < -0.3 is 25.8 Å². The van der Waals surface area contributed by atoms with Crippen molar-refractivity contribution >= 4 is 22.6 Å². The molecule has 2 aromatic heterocycles. The van der Waals surface area contributed by atoms with Gasteiger partial charge in [0.15, 0.2) is 0 Å². The van der Waals surface area contributed by atoms with Gasteiger partial charge in [-0.05, 0) is 42.8 Å². The summed E-state index contributed by atoms with van der Waals surface area (Å²) in [4.78, 5) is 23.4. The van der Waals surface area contributed by atoms with Gasteiger partial charge in [-0.1, -0.05) is 6.07 Å². The van der Waals surface area contributed by atoms with E-state index in [9.17, 15) is 9.90 Å². The summed E-state index contributed by atoms with van der Waals surface area (Å²) in [5.41, 5.74) is 7.47. The summed E-state index contributed by atoms with van der Waals surface area (Å²) in [6.07, 6.45) is 4.03. The molecule has 1 saturated heterocycles. The molecular formula is C22H25N5O3. The molecule has 1 fully saturated rings. The number of nitrogens with zero attached hydrogens (tertiary/aromatic N) is 3. The van der Waals surface area contributed by atoms with Gasteiger partial charge in [0.2, 0.25) is 0 Å². The lowest BCUT2D eigenvalue weighted by Gasteiger charge is -2.25. The molecule has 156 valence electrons. The van der Waals surface area contributed by atoms with E-state index in [1.807, 2.05) is 18.2 Å². The first-order valence-corrected chi connectivity index (χ1v) is 9.96. The summed E-state index contributed by atoms with van der Waals surface area (Å²) < 4.78 is 5.47. The number of pyridine rings is 2. The summed E-state index contributed by atoms with van der Waals surface area (Å²) in [5.74, 6) is 0.340. The first-order valence-electron chi connectivity index (χ1n) is 9.96. The minimum absolute atomic E-state index is 0.159. The summed E-state index contributed by atoms with van der Waals surface area (Å²) in [6.45, 7) is 2.03. The quantitative estimate of drug-likeness (QED) is 0.542. The summed E-state index contributed by atoms with van der Waals surface area (Å²) >= 11 is 0. The zero-order valence-corrected chi connectivity index (χ0v) is 16.6. The molecule has 4 rings (SSSR count). The Labute approximate surface area is 174 Å². The molecule has 1 aliphatic heterocycles. The molecule has 3 aromatic rings. The molecule has 0 aliphatic carbocycles. The maximum atomic E-state index is 12.6. The number of nitrogens with two attached hydrogens (primary N) is 1. The predicted molar refractivity (Wildman–Crippen MR) is 115 cm³/mol. The van der Waals surface area contributed by atoms with Gasteiger partial charge in [-0.3, -0.25) is 14.8 Å². The summed E-state index contributed by atoms with van der Waals surface area (Å²) in [6, 6.07) is 12.6. The molecule has 1 amide bonds. The van der Waals surface area contributed by atoms with Gasteiger partial charge in [0.1, 0.15) is 23.5 Å². The molecule has 1 aromatic carbocycles. The number of fused-ring (bicyclic) bond motifs is 1. The summed E-state index contributed by atoms with van der Waals surface area (Å²) in [5, 5.41) is 13.9. The van der Waals surface area contributed by atoms with Gasteiger partial charge >= 0.3 is 0 Å². The minimum Gasteiger partial charge on any atom is -0.492 e. The van der Waals surface area contributed by atoms with Crippen LogP contribution >= 0.6 is 0 Å². The van der Waals surface area contributed by atoms with Crippen molar-refractivity contribution in [3.05, 3.63) is 60.4 Å². The fraction of sp³-hybridized carbons (Fsp3) is 0.318. The number of carbonyl (C=O) groups excluding carboxylic acids is 1. The van der Waals surface area contributed by atoms with E-state index in [2.05, 4.69) is 20.2 Å². The van der Waals surface area contributed by atoms with Crippen LogP contribution < -0.4 is 20.7 Å². The van der Waals surface area contributed by atoms with E-state index in [1.54, 1.807) is 36.7 Å². The third-order valence-corrected chi connectivity index (χ3v) is 5.21. The van der Waals surface area contributed by atoms with Crippen LogP contribution in [0.15, 0.2) is 54.9 Å².